The highest BCUT2D eigenvalue weighted by molar-refractivity contribution is 5.88. The number of carbonyl (C=O) groups is 1. The highest BCUT2D eigenvalue weighted by Crippen LogP contribution is 2.29. The van der Waals surface area contributed by atoms with Crippen molar-refractivity contribution in [2.75, 3.05) is 19.0 Å². The Bertz CT molecular complexity index is 1660. The number of methoxy groups -OCH3 is 1. The zero-order valence-electron chi connectivity index (χ0n) is 19.5. The number of H-pyrrole nitrogens is 2. The van der Waals surface area contributed by atoms with Crippen molar-refractivity contribution in [3.8, 4) is 16.9 Å². The SMILES string of the molecule is CCOC(=O)Nc1nc2cc(-c3cc(Cc4n[nH]c(=O)c5ccc(OC)cc45)ccc3F)ccc2[nH]1. The second kappa shape index (κ2) is 9.49. The lowest BCUT2D eigenvalue weighted by Crippen LogP contribution is -2.14. The number of nitrogens with zero attached hydrogens (tertiary/aromatic N) is 2. The monoisotopic (exact) mass is 487 g/mol. The Balaban J connectivity index is 1.49. The molecule has 9 nitrogen and oxygen atoms in total. The quantitative estimate of drug-likeness (QED) is 0.317. The maximum absolute atomic E-state index is 14.9. The van der Waals surface area contributed by atoms with Crippen LogP contribution in [0, 0.1) is 5.82 Å². The van der Waals surface area contributed by atoms with Crippen LogP contribution in [0.5, 0.6) is 5.75 Å². The van der Waals surface area contributed by atoms with Crippen molar-refractivity contribution in [2.24, 2.45) is 0 Å². The van der Waals surface area contributed by atoms with Gasteiger partial charge >= 0.3 is 6.09 Å². The van der Waals surface area contributed by atoms with Gasteiger partial charge in [0.15, 0.2) is 0 Å². The van der Waals surface area contributed by atoms with E-state index in [9.17, 15) is 14.0 Å². The standard InChI is InChI=1S/C26H22FN5O4/c1-3-36-26(34)30-25-28-21-9-5-15(12-23(21)29-25)18-10-14(4-8-20(18)27)11-22-19-13-16(35-2)6-7-17(19)24(33)32-31-22/h4-10,12-13H,3,11H2,1-2H3,(H,32,33)(H2,28,29,30,34). The van der Waals surface area contributed by atoms with Crippen molar-refractivity contribution < 1.29 is 18.7 Å². The molecule has 0 bridgehead atoms. The normalized spacial score (nSPS) is 11.1. The highest BCUT2D eigenvalue weighted by Gasteiger charge is 2.13. The lowest BCUT2D eigenvalue weighted by Gasteiger charge is -2.10. The predicted octanol–water partition coefficient (Wildman–Crippen LogP) is 4.77. The number of anilines is 1. The molecule has 2 aromatic heterocycles. The molecule has 0 atom stereocenters. The minimum Gasteiger partial charge on any atom is -0.497 e. The van der Waals surface area contributed by atoms with Crippen molar-refractivity contribution in [2.45, 2.75) is 13.3 Å². The fourth-order valence-electron chi connectivity index (χ4n) is 4.05. The van der Waals surface area contributed by atoms with Gasteiger partial charge in [0.25, 0.3) is 5.56 Å². The Labute approximate surface area is 204 Å². The molecule has 0 radical (unpaired) electrons. The van der Waals surface area contributed by atoms with Gasteiger partial charge in [0.05, 0.1) is 35.8 Å². The van der Waals surface area contributed by atoms with E-state index in [0.717, 1.165) is 5.56 Å². The van der Waals surface area contributed by atoms with Gasteiger partial charge in [0.2, 0.25) is 5.95 Å². The third-order valence-corrected chi connectivity index (χ3v) is 5.77. The van der Waals surface area contributed by atoms with Gasteiger partial charge in [-0.05, 0) is 60.5 Å². The molecule has 0 unspecified atom stereocenters. The first-order valence-corrected chi connectivity index (χ1v) is 11.2. The number of rotatable bonds is 6. The van der Waals surface area contributed by atoms with Crippen molar-refractivity contribution in [1.82, 2.24) is 20.2 Å². The summed E-state index contributed by atoms with van der Waals surface area (Å²) in [6.07, 6.45) is -0.247. The van der Waals surface area contributed by atoms with Gasteiger partial charge in [0, 0.05) is 17.4 Å². The van der Waals surface area contributed by atoms with Crippen molar-refractivity contribution in [3.05, 3.63) is 82.0 Å². The number of hydrogen-bond donors (Lipinski definition) is 3. The van der Waals surface area contributed by atoms with Crippen molar-refractivity contribution in [1.29, 1.82) is 0 Å². The third kappa shape index (κ3) is 4.48. The minimum absolute atomic E-state index is 0.237. The van der Waals surface area contributed by atoms with E-state index in [1.54, 1.807) is 62.6 Å². The summed E-state index contributed by atoms with van der Waals surface area (Å²) in [6, 6.07) is 15.3. The lowest BCUT2D eigenvalue weighted by molar-refractivity contribution is 0.167. The van der Waals surface area contributed by atoms with E-state index >= 15 is 0 Å². The number of benzene rings is 3. The number of ether oxygens (including phenoxy) is 2. The van der Waals surface area contributed by atoms with Crippen molar-refractivity contribution >= 4 is 33.8 Å². The summed E-state index contributed by atoms with van der Waals surface area (Å²) in [6.45, 7) is 1.95. The van der Waals surface area contributed by atoms with Crippen LogP contribution in [0.25, 0.3) is 32.9 Å². The Hall–Kier alpha value is -4.73. The molecule has 36 heavy (non-hydrogen) atoms. The summed E-state index contributed by atoms with van der Waals surface area (Å²) < 4.78 is 25.0. The van der Waals surface area contributed by atoms with Crippen LogP contribution >= 0.6 is 0 Å². The Morgan fingerprint density at radius 1 is 1.08 bits per heavy atom. The van der Waals surface area contributed by atoms with E-state index in [1.165, 1.54) is 6.07 Å². The molecule has 0 saturated heterocycles. The highest BCUT2D eigenvalue weighted by atomic mass is 19.1. The number of amides is 1. The molecule has 0 aliphatic rings. The van der Waals surface area contributed by atoms with Gasteiger partial charge in [0.1, 0.15) is 11.6 Å². The van der Waals surface area contributed by atoms with Crippen molar-refractivity contribution in [3.63, 3.8) is 0 Å². The summed E-state index contributed by atoms with van der Waals surface area (Å²) in [7, 11) is 1.56. The van der Waals surface area contributed by atoms with Gasteiger partial charge in [-0.3, -0.25) is 10.1 Å². The summed E-state index contributed by atoms with van der Waals surface area (Å²) >= 11 is 0. The van der Waals surface area contributed by atoms with Crippen LogP contribution in [0.15, 0.2) is 59.4 Å². The van der Waals surface area contributed by atoms with Crippen LogP contribution in [0.1, 0.15) is 18.2 Å². The fourth-order valence-corrected chi connectivity index (χ4v) is 4.05. The molecule has 0 saturated carbocycles. The van der Waals surface area contributed by atoms with Crippen LogP contribution in [-0.2, 0) is 11.2 Å². The third-order valence-electron chi connectivity index (χ3n) is 5.77. The molecule has 0 aliphatic carbocycles. The van der Waals surface area contributed by atoms with E-state index < -0.39 is 6.09 Å². The molecule has 2 heterocycles. The van der Waals surface area contributed by atoms with Crippen LogP contribution in [0.3, 0.4) is 0 Å². The van der Waals surface area contributed by atoms with Gasteiger partial charge < -0.3 is 14.5 Å². The summed E-state index contributed by atoms with van der Waals surface area (Å²) in [5.41, 5.74) is 3.41. The van der Waals surface area contributed by atoms with E-state index in [0.29, 0.717) is 50.8 Å². The molecule has 0 aliphatic heterocycles. The van der Waals surface area contributed by atoms with Crippen LogP contribution in [-0.4, -0.2) is 40.0 Å². The Morgan fingerprint density at radius 2 is 1.94 bits per heavy atom. The predicted molar refractivity (Wildman–Crippen MR) is 134 cm³/mol. The summed E-state index contributed by atoms with van der Waals surface area (Å²) in [5.74, 6) is 0.459. The number of fused-ring (bicyclic) bond motifs is 2. The van der Waals surface area contributed by atoms with E-state index in [1.807, 2.05) is 0 Å². The molecule has 3 N–H and O–H groups in total. The maximum atomic E-state index is 14.9. The molecule has 5 rings (SSSR count). The molecular formula is C26H22FN5O4. The van der Waals surface area contributed by atoms with Gasteiger partial charge in [-0.25, -0.2) is 19.3 Å². The van der Waals surface area contributed by atoms with E-state index in [2.05, 4.69) is 25.5 Å². The minimum atomic E-state index is -0.614. The summed E-state index contributed by atoms with van der Waals surface area (Å²) in [5, 5.41) is 10.5. The molecule has 5 aromatic rings. The average Bonchev–Trinajstić information content (AvgIpc) is 3.28. The van der Waals surface area contributed by atoms with Crippen LogP contribution in [0.4, 0.5) is 15.1 Å². The number of aromatic amines is 2. The molecule has 1 amide bonds. The van der Waals surface area contributed by atoms with Gasteiger partial charge in [-0.2, -0.15) is 5.10 Å². The molecule has 10 heteroatoms. The van der Waals surface area contributed by atoms with E-state index in [4.69, 9.17) is 9.47 Å². The molecule has 182 valence electrons. The Kier molecular flexibility index (Phi) is 6.07. The van der Waals surface area contributed by atoms with Crippen LogP contribution in [0.2, 0.25) is 0 Å². The number of imidazole rings is 1. The smallest absolute Gasteiger partial charge is 0.413 e. The fraction of sp³-hybridized carbons (Fsp3) is 0.154. The zero-order chi connectivity index (χ0) is 25.2. The number of nitrogens with one attached hydrogen (secondary N) is 3. The number of aromatic nitrogens is 4. The molecule has 0 spiro atoms. The largest absolute Gasteiger partial charge is 0.497 e. The molecular weight excluding hydrogens is 465 g/mol. The maximum Gasteiger partial charge on any atom is 0.413 e. The molecule has 0 fully saturated rings. The first kappa shape index (κ1) is 23.0. The van der Waals surface area contributed by atoms with Gasteiger partial charge in [-0.1, -0.05) is 12.1 Å². The van der Waals surface area contributed by atoms with Crippen LogP contribution < -0.4 is 15.6 Å². The second-order valence-corrected chi connectivity index (χ2v) is 8.06. The first-order valence-electron chi connectivity index (χ1n) is 11.2. The topological polar surface area (TPSA) is 122 Å². The number of halogens is 1. The molecule has 3 aromatic carbocycles. The number of hydrogen-bond acceptors (Lipinski definition) is 6. The second-order valence-electron chi connectivity index (χ2n) is 8.06. The lowest BCUT2D eigenvalue weighted by atomic mass is 9.98. The average molecular weight is 487 g/mol. The first-order chi connectivity index (χ1) is 17.4. The number of carbonyl (C=O) groups excluding carboxylic acids is 1. The zero-order valence-corrected chi connectivity index (χ0v) is 19.5. The summed E-state index contributed by atoms with van der Waals surface area (Å²) in [4.78, 5) is 31.2. The van der Waals surface area contributed by atoms with E-state index in [-0.39, 0.29) is 23.9 Å². The Morgan fingerprint density at radius 3 is 2.75 bits per heavy atom. The van der Waals surface area contributed by atoms with Gasteiger partial charge in [-0.15, -0.1) is 0 Å².